The molecule has 0 aromatic carbocycles. The number of ether oxygens (including phenoxy) is 3. The first-order valence-corrected chi connectivity index (χ1v) is 6.84. The Morgan fingerprint density at radius 3 is 2.53 bits per heavy atom. The summed E-state index contributed by atoms with van der Waals surface area (Å²) in [6, 6.07) is 1.03. The SMILES string of the molecule is C=CC(=O)OC(C)CC[SiH2]C(OC)OC. The maximum absolute atomic E-state index is 10.9. The molecular formula is C10H20O4Si. The summed E-state index contributed by atoms with van der Waals surface area (Å²) in [4.78, 5) is 10.9. The van der Waals surface area contributed by atoms with Crippen LogP contribution in [0.25, 0.3) is 0 Å². The van der Waals surface area contributed by atoms with Crippen LogP contribution in [0.3, 0.4) is 0 Å². The van der Waals surface area contributed by atoms with E-state index in [0.717, 1.165) is 12.5 Å². The van der Waals surface area contributed by atoms with Gasteiger partial charge in [0.1, 0.15) is 5.91 Å². The Morgan fingerprint density at radius 2 is 2.07 bits per heavy atom. The summed E-state index contributed by atoms with van der Waals surface area (Å²) in [6.45, 7) is 5.22. The van der Waals surface area contributed by atoms with Gasteiger partial charge in [0.15, 0.2) is 0 Å². The first-order chi connectivity index (χ1) is 7.13. The van der Waals surface area contributed by atoms with E-state index >= 15 is 0 Å². The Morgan fingerprint density at radius 1 is 1.47 bits per heavy atom. The summed E-state index contributed by atoms with van der Waals surface area (Å²) in [5, 5.41) is 0. The summed E-state index contributed by atoms with van der Waals surface area (Å²) >= 11 is 0. The van der Waals surface area contributed by atoms with Crippen molar-refractivity contribution >= 4 is 15.5 Å². The molecule has 0 aromatic heterocycles. The lowest BCUT2D eigenvalue weighted by molar-refractivity contribution is -0.142. The average molecular weight is 232 g/mol. The molecule has 0 saturated carbocycles. The molecule has 0 aromatic rings. The summed E-state index contributed by atoms with van der Waals surface area (Å²) in [6.07, 6.45) is 1.98. The summed E-state index contributed by atoms with van der Waals surface area (Å²) in [5.74, 6) is -0.397. The maximum atomic E-state index is 10.9. The zero-order valence-electron chi connectivity index (χ0n) is 9.69. The minimum atomic E-state index is -0.419. The second kappa shape index (κ2) is 8.64. The highest BCUT2D eigenvalue weighted by atomic mass is 28.2. The van der Waals surface area contributed by atoms with E-state index in [1.807, 2.05) is 6.92 Å². The number of esters is 1. The van der Waals surface area contributed by atoms with Gasteiger partial charge in [-0.1, -0.05) is 12.6 Å². The first-order valence-electron chi connectivity index (χ1n) is 5.02. The number of hydrogen-bond acceptors (Lipinski definition) is 4. The van der Waals surface area contributed by atoms with E-state index in [1.165, 1.54) is 6.08 Å². The Hall–Kier alpha value is -0.653. The zero-order chi connectivity index (χ0) is 11.7. The number of hydrogen-bond donors (Lipinski definition) is 0. The number of carbonyl (C=O) groups excluding carboxylic acids is 1. The van der Waals surface area contributed by atoms with Crippen LogP contribution >= 0.6 is 0 Å². The van der Waals surface area contributed by atoms with Crippen molar-refractivity contribution in [1.29, 1.82) is 0 Å². The van der Waals surface area contributed by atoms with Crippen LogP contribution in [0, 0.1) is 0 Å². The van der Waals surface area contributed by atoms with E-state index in [4.69, 9.17) is 14.2 Å². The quantitative estimate of drug-likeness (QED) is 0.267. The third kappa shape index (κ3) is 7.30. The lowest BCUT2D eigenvalue weighted by Gasteiger charge is -2.15. The van der Waals surface area contributed by atoms with Crippen molar-refractivity contribution in [3.05, 3.63) is 12.7 Å². The van der Waals surface area contributed by atoms with E-state index in [2.05, 4.69) is 6.58 Å². The summed E-state index contributed by atoms with van der Waals surface area (Å²) < 4.78 is 15.2. The highest BCUT2D eigenvalue weighted by Crippen LogP contribution is 2.04. The molecule has 0 aliphatic rings. The largest absolute Gasteiger partial charge is 0.460 e. The predicted molar refractivity (Wildman–Crippen MR) is 61.5 cm³/mol. The summed E-state index contributed by atoms with van der Waals surface area (Å²) in [5.41, 5.74) is 0. The van der Waals surface area contributed by atoms with E-state index in [-0.39, 0.29) is 18.0 Å². The van der Waals surface area contributed by atoms with Crippen LogP contribution in [-0.2, 0) is 19.0 Å². The molecule has 0 amide bonds. The minimum absolute atomic E-state index is 0.0349. The zero-order valence-corrected chi connectivity index (χ0v) is 11.1. The molecule has 0 aliphatic carbocycles. The lowest BCUT2D eigenvalue weighted by atomic mass is 10.3. The van der Waals surface area contributed by atoms with E-state index < -0.39 is 9.52 Å². The Labute approximate surface area is 93.4 Å². The van der Waals surface area contributed by atoms with Gasteiger partial charge in [0.25, 0.3) is 0 Å². The van der Waals surface area contributed by atoms with Crippen LogP contribution < -0.4 is 0 Å². The second-order valence-electron chi connectivity index (χ2n) is 3.28. The first kappa shape index (κ1) is 14.3. The van der Waals surface area contributed by atoms with Crippen molar-refractivity contribution < 1.29 is 19.0 Å². The maximum Gasteiger partial charge on any atom is 0.330 e. The molecule has 0 rings (SSSR count). The fourth-order valence-corrected chi connectivity index (χ4v) is 2.82. The van der Waals surface area contributed by atoms with Gasteiger partial charge in [-0.05, 0) is 13.3 Å². The number of carbonyl (C=O) groups is 1. The van der Waals surface area contributed by atoms with Gasteiger partial charge in [0.05, 0.1) is 15.6 Å². The Balaban J connectivity index is 3.57. The molecule has 15 heavy (non-hydrogen) atoms. The molecule has 88 valence electrons. The van der Waals surface area contributed by atoms with Gasteiger partial charge in [-0.2, -0.15) is 0 Å². The van der Waals surface area contributed by atoms with Crippen LogP contribution in [0.5, 0.6) is 0 Å². The second-order valence-corrected chi connectivity index (χ2v) is 5.23. The molecule has 0 bridgehead atoms. The van der Waals surface area contributed by atoms with Crippen molar-refractivity contribution in [2.24, 2.45) is 0 Å². The number of rotatable bonds is 8. The predicted octanol–water partition coefficient (Wildman–Crippen LogP) is 0.658. The average Bonchev–Trinajstić information content (AvgIpc) is 2.24. The molecule has 1 atom stereocenters. The highest BCUT2D eigenvalue weighted by Gasteiger charge is 2.09. The summed E-state index contributed by atoms with van der Waals surface area (Å²) in [7, 11) is 2.86. The minimum Gasteiger partial charge on any atom is -0.460 e. The molecular weight excluding hydrogens is 212 g/mol. The molecule has 0 aliphatic heterocycles. The van der Waals surface area contributed by atoms with E-state index in [1.54, 1.807) is 14.2 Å². The van der Waals surface area contributed by atoms with Crippen LogP contribution in [-0.4, -0.2) is 41.7 Å². The van der Waals surface area contributed by atoms with Crippen molar-refractivity contribution in [3.63, 3.8) is 0 Å². The molecule has 0 heterocycles. The topological polar surface area (TPSA) is 44.8 Å². The fourth-order valence-electron chi connectivity index (χ4n) is 1.21. The molecule has 0 radical (unpaired) electrons. The van der Waals surface area contributed by atoms with Gasteiger partial charge in [0.2, 0.25) is 0 Å². The highest BCUT2D eigenvalue weighted by molar-refractivity contribution is 6.36. The van der Waals surface area contributed by atoms with Gasteiger partial charge in [-0.3, -0.25) is 0 Å². The van der Waals surface area contributed by atoms with Crippen molar-refractivity contribution in [2.45, 2.75) is 31.4 Å². The third-order valence-corrected chi connectivity index (χ3v) is 4.01. The molecule has 0 saturated heterocycles. The van der Waals surface area contributed by atoms with Gasteiger partial charge in [-0.15, -0.1) is 0 Å². The third-order valence-electron chi connectivity index (χ3n) is 2.06. The van der Waals surface area contributed by atoms with E-state index in [0.29, 0.717) is 0 Å². The van der Waals surface area contributed by atoms with Crippen LogP contribution in [0.2, 0.25) is 6.04 Å². The van der Waals surface area contributed by atoms with Crippen molar-refractivity contribution in [2.75, 3.05) is 14.2 Å². The van der Waals surface area contributed by atoms with Gasteiger partial charge < -0.3 is 14.2 Å². The van der Waals surface area contributed by atoms with Crippen molar-refractivity contribution in [1.82, 2.24) is 0 Å². The lowest BCUT2D eigenvalue weighted by Crippen LogP contribution is -2.22. The molecule has 0 spiro atoms. The Kier molecular flexibility index (Phi) is 8.26. The standard InChI is InChI=1S/C10H20O4Si/c1-5-9(11)14-8(2)6-7-15-10(12-3)13-4/h5,8,10H,1,6-7,15H2,2-4H3. The molecule has 0 fully saturated rings. The fraction of sp³-hybridized carbons (Fsp3) is 0.700. The molecule has 0 N–H and O–H groups in total. The van der Waals surface area contributed by atoms with E-state index in [9.17, 15) is 4.79 Å². The molecule has 4 nitrogen and oxygen atoms in total. The Bertz CT molecular complexity index is 192. The van der Waals surface area contributed by atoms with Crippen LogP contribution in [0.1, 0.15) is 13.3 Å². The smallest absolute Gasteiger partial charge is 0.330 e. The molecule has 1 unspecified atom stereocenters. The monoisotopic (exact) mass is 232 g/mol. The van der Waals surface area contributed by atoms with Crippen LogP contribution in [0.4, 0.5) is 0 Å². The van der Waals surface area contributed by atoms with Gasteiger partial charge >= 0.3 is 5.97 Å². The van der Waals surface area contributed by atoms with Gasteiger partial charge in [0, 0.05) is 20.3 Å². The molecule has 5 heteroatoms. The normalized spacial score (nSPS) is 13.3. The van der Waals surface area contributed by atoms with Crippen molar-refractivity contribution in [3.8, 4) is 0 Å². The number of methoxy groups -OCH3 is 2. The van der Waals surface area contributed by atoms with Gasteiger partial charge in [-0.25, -0.2) is 4.79 Å². The van der Waals surface area contributed by atoms with Crippen LogP contribution in [0.15, 0.2) is 12.7 Å².